The van der Waals surface area contributed by atoms with E-state index in [9.17, 15) is 0 Å². The van der Waals surface area contributed by atoms with Crippen molar-refractivity contribution >= 4 is 91.9 Å². The SMILES string of the molecule is c1ccc2c(c1)Oc1ccccc1C21c2cc(N(c3ccc4c(c3)c3ccccc3n4-c3cccc4ccccc34)c3cccc4sc5ccccc5c34)ccc2-c2cccc3cccc1c23. The third-order valence-electron chi connectivity index (χ3n) is 14.6. The first kappa shape index (κ1) is 36.9. The highest BCUT2D eigenvalue weighted by Crippen LogP contribution is 2.62. The number of rotatable bonds is 4. The fourth-order valence-corrected chi connectivity index (χ4v) is 13.1. The molecule has 11 aromatic carbocycles. The van der Waals surface area contributed by atoms with Crippen LogP contribution in [0.3, 0.4) is 0 Å². The van der Waals surface area contributed by atoms with Gasteiger partial charge in [0.1, 0.15) is 11.5 Å². The van der Waals surface area contributed by atoms with E-state index >= 15 is 0 Å². The summed E-state index contributed by atoms with van der Waals surface area (Å²) < 4.78 is 11.8. The number of hydrogen-bond acceptors (Lipinski definition) is 3. The quantitative estimate of drug-likeness (QED) is 0.175. The third kappa shape index (κ3) is 5.00. The van der Waals surface area contributed by atoms with Crippen molar-refractivity contribution in [3.8, 4) is 28.3 Å². The smallest absolute Gasteiger partial charge is 0.132 e. The standard InChI is InChI=1S/C63H38N2OS/c1-2-19-43-39(15-1)16-13-27-53(43)65-54-26-7-3-20-45(54)48-37-41(34-36-55(48)65)64(56-28-14-32-60-62(56)47-21-4-10-31-59(47)67-60)42-33-35-44-46-22-11-17-40-18-12-25-51(61(40)46)63(52(44)38-42)49-23-5-8-29-57(49)66-58-30-9-6-24-50(58)63/h1-38H. The molecule has 312 valence electrons. The van der Waals surface area contributed by atoms with Gasteiger partial charge in [-0.15, -0.1) is 11.3 Å². The zero-order chi connectivity index (χ0) is 43.8. The Morgan fingerprint density at radius 2 is 1.00 bits per heavy atom. The summed E-state index contributed by atoms with van der Waals surface area (Å²) in [4.78, 5) is 2.52. The van der Waals surface area contributed by atoms with Crippen molar-refractivity contribution in [3.05, 3.63) is 253 Å². The van der Waals surface area contributed by atoms with Crippen molar-refractivity contribution in [3.63, 3.8) is 0 Å². The predicted octanol–water partition coefficient (Wildman–Crippen LogP) is 17.4. The Bertz CT molecular complexity index is 4180. The summed E-state index contributed by atoms with van der Waals surface area (Å²) in [6, 6.07) is 85.2. The van der Waals surface area contributed by atoms with Crippen molar-refractivity contribution in [1.82, 2.24) is 4.57 Å². The summed E-state index contributed by atoms with van der Waals surface area (Å²) in [5.41, 5.74) is 13.5. The average molecular weight is 871 g/mol. The molecule has 1 aliphatic carbocycles. The molecule has 2 aromatic heterocycles. The van der Waals surface area contributed by atoms with Gasteiger partial charge in [0.25, 0.3) is 0 Å². The number of ether oxygens (including phenoxy) is 1. The normalized spacial score (nSPS) is 13.3. The van der Waals surface area contributed by atoms with Crippen LogP contribution in [-0.2, 0) is 5.41 Å². The van der Waals surface area contributed by atoms with Gasteiger partial charge in [0.2, 0.25) is 0 Å². The minimum absolute atomic E-state index is 0.673. The molecule has 0 radical (unpaired) electrons. The lowest BCUT2D eigenvalue weighted by Gasteiger charge is -2.45. The van der Waals surface area contributed by atoms with Crippen LogP contribution in [0.15, 0.2) is 231 Å². The Morgan fingerprint density at radius 3 is 1.87 bits per heavy atom. The van der Waals surface area contributed by atoms with Crippen LogP contribution in [0.2, 0.25) is 0 Å². The van der Waals surface area contributed by atoms with E-state index < -0.39 is 5.41 Å². The molecule has 1 spiro atoms. The largest absolute Gasteiger partial charge is 0.457 e. The molecule has 1 aliphatic heterocycles. The van der Waals surface area contributed by atoms with Crippen molar-refractivity contribution < 1.29 is 4.74 Å². The van der Waals surface area contributed by atoms with Crippen LogP contribution in [0.4, 0.5) is 17.1 Å². The molecule has 4 heteroatoms. The Kier molecular flexibility index (Phi) is 7.58. The molecule has 0 atom stereocenters. The van der Waals surface area contributed by atoms with Gasteiger partial charge in [-0.1, -0.05) is 158 Å². The topological polar surface area (TPSA) is 17.4 Å². The Morgan fingerprint density at radius 1 is 0.388 bits per heavy atom. The van der Waals surface area contributed by atoms with Crippen LogP contribution < -0.4 is 9.64 Å². The van der Waals surface area contributed by atoms with Crippen LogP contribution in [-0.4, -0.2) is 4.57 Å². The second kappa shape index (κ2) is 13.8. The lowest BCUT2D eigenvalue weighted by atomic mass is 9.58. The third-order valence-corrected chi connectivity index (χ3v) is 15.7. The van der Waals surface area contributed by atoms with E-state index in [1.54, 1.807) is 0 Å². The molecule has 0 N–H and O–H groups in total. The van der Waals surface area contributed by atoms with E-state index in [0.29, 0.717) is 0 Å². The zero-order valence-electron chi connectivity index (χ0n) is 36.2. The second-order valence-electron chi connectivity index (χ2n) is 17.9. The lowest BCUT2D eigenvalue weighted by molar-refractivity contribution is 0.435. The first-order valence-corrected chi connectivity index (χ1v) is 23.8. The number of benzene rings is 11. The van der Waals surface area contributed by atoms with Gasteiger partial charge in [0.05, 0.1) is 27.8 Å². The fourth-order valence-electron chi connectivity index (χ4n) is 11.9. The van der Waals surface area contributed by atoms with Crippen molar-refractivity contribution in [1.29, 1.82) is 0 Å². The maximum atomic E-state index is 6.82. The van der Waals surface area contributed by atoms with Gasteiger partial charge in [-0.2, -0.15) is 0 Å². The molecule has 3 heterocycles. The first-order valence-electron chi connectivity index (χ1n) is 23.0. The van der Waals surface area contributed by atoms with E-state index in [1.165, 1.54) is 91.5 Å². The summed E-state index contributed by atoms with van der Waals surface area (Å²) in [7, 11) is 0. The fraction of sp³-hybridized carbons (Fsp3) is 0.0159. The van der Waals surface area contributed by atoms with Crippen LogP contribution in [0, 0.1) is 0 Å². The molecule has 2 aliphatic rings. The van der Waals surface area contributed by atoms with Crippen molar-refractivity contribution in [2.75, 3.05) is 4.90 Å². The minimum Gasteiger partial charge on any atom is -0.457 e. The number of para-hydroxylation sites is 3. The molecule has 0 amide bonds. The highest BCUT2D eigenvalue weighted by Gasteiger charge is 2.49. The summed E-state index contributed by atoms with van der Waals surface area (Å²) in [6.45, 7) is 0. The number of thiophene rings is 1. The van der Waals surface area contributed by atoms with Crippen molar-refractivity contribution in [2.45, 2.75) is 5.41 Å². The predicted molar refractivity (Wildman–Crippen MR) is 281 cm³/mol. The van der Waals surface area contributed by atoms with Gasteiger partial charge >= 0.3 is 0 Å². The van der Waals surface area contributed by atoms with E-state index in [0.717, 1.165) is 39.7 Å². The zero-order valence-corrected chi connectivity index (χ0v) is 37.0. The number of fused-ring (bicyclic) bond motifs is 15. The molecular formula is C63H38N2OS. The number of anilines is 3. The van der Waals surface area contributed by atoms with E-state index in [1.807, 2.05) is 11.3 Å². The molecule has 15 rings (SSSR count). The summed E-state index contributed by atoms with van der Waals surface area (Å²) in [6.07, 6.45) is 0. The van der Waals surface area contributed by atoms with Gasteiger partial charge in [-0.05, 0) is 111 Å². The van der Waals surface area contributed by atoms with Crippen LogP contribution in [0.5, 0.6) is 11.5 Å². The highest BCUT2D eigenvalue weighted by molar-refractivity contribution is 7.26. The monoisotopic (exact) mass is 870 g/mol. The Balaban J connectivity index is 1.06. The highest BCUT2D eigenvalue weighted by atomic mass is 32.1. The lowest BCUT2D eigenvalue weighted by Crippen LogP contribution is -2.36. The van der Waals surface area contributed by atoms with E-state index in [-0.39, 0.29) is 0 Å². The first-order chi connectivity index (χ1) is 33.2. The summed E-state index contributed by atoms with van der Waals surface area (Å²) in [5, 5.41) is 9.92. The number of hydrogen-bond donors (Lipinski definition) is 0. The van der Waals surface area contributed by atoms with Crippen LogP contribution in [0.1, 0.15) is 22.3 Å². The molecule has 0 saturated carbocycles. The molecule has 0 fully saturated rings. The maximum Gasteiger partial charge on any atom is 0.132 e. The van der Waals surface area contributed by atoms with Gasteiger partial charge < -0.3 is 14.2 Å². The summed E-state index contributed by atoms with van der Waals surface area (Å²) >= 11 is 1.86. The van der Waals surface area contributed by atoms with E-state index in [4.69, 9.17) is 4.74 Å². The van der Waals surface area contributed by atoms with Gasteiger partial charge in [0, 0.05) is 58.8 Å². The van der Waals surface area contributed by atoms with Crippen LogP contribution in [0.25, 0.3) is 80.3 Å². The molecule has 0 bridgehead atoms. The molecular weight excluding hydrogens is 833 g/mol. The van der Waals surface area contributed by atoms with Gasteiger partial charge in [-0.25, -0.2) is 0 Å². The molecule has 13 aromatic rings. The Hall–Kier alpha value is -8.44. The second-order valence-corrected chi connectivity index (χ2v) is 19.0. The van der Waals surface area contributed by atoms with Crippen molar-refractivity contribution in [2.24, 2.45) is 0 Å². The van der Waals surface area contributed by atoms with Gasteiger partial charge in [0.15, 0.2) is 0 Å². The molecule has 0 saturated heterocycles. The van der Waals surface area contributed by atoms with Gasteiger partial charge in [-0.3, -0.25) is 0 Å². The minimum atomic E-state index is -0.673. The molecule has 3 nitrogen and oxygen atoms in total. The molecule has 0 unspecified atom stereocenters. The summed E-state index contributed by atoms with van der Waals surface area (Å²) in [5.74, 6) is 1.77. The molecule has 67 heavy (non-hydrogen) atoms. The average Bonchev–Trinajstić information content (AvgIpc) is 3.93. The van der Waals surface area contributed by atoms with E-state index in [2.05, 4.69) is 240 Å². The number of nitrogens with zero attached hydrogens (tertiary/aromatic N) is 2. The number of aromatic nitrogens is 1. The van der Waals surface area contributed by atoms with Crippen LogP contribution >= 0.6 is 11.3 Å². The maximum absolute atomic E-state index is 6.82. The Labute approximate surface area is 390 Å².